The number of benzene rings is 2. The highest BCUT2D eigenvalue weighted by atomic mass is 35.5. The van der Waals surface area contributed by atoms with Gasteiger partial charge < -0.3 is 10.4 Å². The summed E-state index contributed by atoms with van der Waals surface area (Å²) in [5.74, 6) is -2.59. The summed E-state index contributed by atoms with van der Waals surface area (Å²) < 4.78 is 77.6. The van der Waals surface area contributed by atoms with Crippen LogP contribution in [0.5, 0.6) is 0 Å². The summed E-state index contributed by atoms with van der Waals surface area (Å²) in [5, 5.41) is 11.7. The SMILES string of the molecule is O=C(Cc1cc(C(F)(F)F)cc(C(F)(F)F)c1)N[C@@H](Cc1c(Cl)cccc1Cl)C(=O)O. The van der Waals surface area contributed by atoms with Gasteiger partial charge >= 0.3 is 18.3 Å². The molecule has 0 bridgehead atoms. The monoisotopic (exact) mass is 487 g/mol. The fourth-order valence-electron chi connectivity index (χ4n) is 2.68. The number of hydrogen-bond donors (Lipinski definition) is 2. The van der Waals surface area contributed by atoms with Gasteiger partial charge in [0.15, 0.2) is 0 Å². The zero-order valence-electron chi connectivity index (χ0n) is 15.2. The molecule has 31 heavy (non-hydrogen) atoms. The highest BCUT2D eigenvalue weighted by molar-refractivity contribution is 6.36. The first-order valence-electron chi connectivity index (χ1n) is 8.42. The third-order valence-electron chi connectivity index (χ3n) is 4.12. The van der Waals surface area contributed by atoms with Crippen LogP contribution in [0.1, 0.15) is 22.3 Å². The molecule has 0 aliphatic rings. The van der Waals surface area contributed by atoms with Crippen molar-refractivity contribution >= 4 is 35.1 Å². The predicted octanol–water partition coefficient (Wildman–Crippen LogP) is 5.39. The molecule has 0 aliphatic carbocycles. The predicted molar refractivity (Wildman–Crippen MR) is 99.9 cm³/mol. The summed E-state index contributed by atoms with van der Waals surface area (Å²) in [5.41, 5.74) is -3.54. The molecule has 0 aromatic heterocycles. The quantitative estimate of drug-likeness (QED) is 0.537. The van der Waals surface area contributed by atoms with E-state index in [0.717, 1.165) is 0 Å². The van der Waals surface area contributed by atoms with Crippen LogP contribution in [0.15, 0.2) is 36.4 Å². The average Bonchev–Trinajstić information content (AvgIpc) is 2.62. The summed E-state index contributed by atoms with van der Waals surface area (Å²) in [6.07, 6.45) is -11.4. The van der Waals surface area contributed by atoms with Crippen LogP contribution < -0.4 is 5.32 Å². The van der Waals surface area contributed by atoms with Crippen LogP contribution in [-0.4, -0.2) is 23.0 Å². The molecule has 168 valence electrons. The standard InChI is InChI=1S/C19H13Cl2F6NO3/c20-13-2-1-3-14(21)12(13)8-15(17(30)31)28-16(29)6-9-4-10(18(22,23)24)7-11(5-9)19(25,26)27/h1-5,7,15H,6,8H2,(H,28,29)(H,30,31)/t15-/m0/s1. The van der Waals surface area contributed by atoms with Crippen molar-refractivity contribution in [3.05, 3.63) is 68.7 Å². The van der Waals surface area contributed by atoms with E-state index in [2.05, 4.69) is 5.32 Å². The second kappa shape index (κ2) is 9.35. The van der Waals surface area contributed by atoms with Crippen LogP contribution in [0.3, 0.4) is 0 Å². The first kappa shape index (κ1) is 24.8. The van der Waals surface area contributed by atoms with E-state index >= 15 is 0 Å². The van der Waals surface area contributed by atoms with E-state index in [1.54, 1.807) is 0 Å². The van der Waals surface area contributed by atoms with Crippen molar-refractivity contribution in [3.8, 4) is 0 Å². The van der Waals surface area contributed by atoms with Crippen molar-refractivity contribution < 1.29 is 41.0 Å². The van der Waals surface area contributed by atoms with Gasteiger partial charge in [-0.1, -0.05) is 29.3 Å². The molecule has 12 heteroatoms. The van der Waals surface area contributed by atoms with Crippen LogP contribution in [0, 0.1) is 0 Å². The fourth-order valence-corrected chi connectivity index (χ4v) is 3.24. The number of aliphatic carboxylic acids is 1. The number of carbonyl (C=O) groups excluding carboxylic acids is 1. The maximum atomic E-state index is 12.9. The smallest absolute Gasteiger partial charge is 0.416 e. The molecule has 2 aromatic rings. The van der Waals surface area contributed by atoms with E-state index in [9.17, 15) is 41.0 Å². The van der Waals surface area contributed by atoms with Gasteiger partial charge in [-0.25, -0.2) is 4.79 Å². The van der Waals surface area contributed by atoms with Crippen molar-refractivity contribution in [1.29, 1.82) is 0 Å². The fraction of sp³-hybridized carbons (Fsp3) is 0.263. The highest BCUT2D eigenvalue weighted by Crippen LogP contribution is 2.36. The maximum Gasteiger partial charge on any atom is 0.416 e. The lowest BCUT2D eigenvalue weighted by Gasteiger charge is -2.17. The molecule has 0 radical (unpaired) electrons. The van der Waals surface area contributed by atoms with Crippen molar-refractivity contribution in [2.75, 3.05) is 0 Å². The van der Waals surface area contributed by atoms with E-state index in [1.165, 1.54) is 18.2 Å². The second-order valence-electron chi connectivity index (χ2n) is 6.45. The molecule has 2 N–H and O–H groups in total. The topological polar surface area (TPSA) is 66.4 Å². The van der Waals surface area contributed by atoms with Crippen LogP contribution in [-0.2, 0) is 34.8 Å². The molecule has 2 aromatic carbocycles. The number of halogens is 8. The number of alkyl halides is 6. The molecule has 0 saturated heterocycles. The minimum Gasteiger partial charge on any atom is -0.480 e. The van der Waals surface area contributed by atoms with Gasteiger partial charge in [0.25, 0.3) is 0 Å². The van der Waals surface area contributed by atoms with Crippen molar-refractivity contribution in [1.82, 2.24) is 5.32 Å². The Bertz CT molecular complexity index is 939. The van der Waals surface area contributed by atoms with Crippen LogP contribution in [0.4, 0.5) is 26.3 Å². The number of carboxylic acids is 1. The Morgan fingerprint density at radius 3 is 1.84 bits per heavy atom. The zero-order valence-corrected chi connectivity index (χ0v) is 16.8. The average molecular weight is 488 g/mol. The summed E-state index contributed by atoms with van der Waals surface area (Å²) in [4.78, 5) is 23.7. The van der Waals surface area contributed by atoms with Gasteiger partial charge in [0.1, 0.15) is 6.04 Å². The molecule has 4 nitrogen and oxygen atoms in total. The van der Waals surface area contributed by atoms with Crippen LogP contribution >= 0.6 is 23.2 Å². The lowest BCUT2D eigenvalue weighted by atomic mass is 10.0. The Hall–Kier alpha value is -2.46. The van der Waals surface area contributed by atoms with E-state index < -0.39 is 53.4 Å². The van der Waals surface area contributed by atoms with E-state index in [1.807, 2.05) is 0 Å². The number of rotatable bonds is 6. The number of nitrogens with one attached hydrogen (secondary N) is 1. The first-order valence-corrected chi connectivity index (χ1v) is 9.17. The van der Waals surface area contributed by atoms with E-state index in [4.69, 9.17) is 23.2 Å². The van der Waals surface area contributed by atoms with Gasteiger partial charge in [0.2, 0.25) is 5.91 Å². The Labute approximate surface area is 181 Å². The van der Waals surface area contributed by atoms with Gasteiger partial charge in [-0.05, 0) is 41.5 Å². The van der Waals surface area contributed by atoms with Gasteiger partial charge in [-0.2, -0.15) is 26.3 Å². The van der Waals surface area contributed by atoms with Crippen LogP contribution in [0.2, 0.25) is 10.0 Å². The zero-order chi connectivity index (χ0) is 23.6. The van der Waals surface area contributed by atoms with Crippen molar-refractivity contribution in [3.63, 3.8) is 0 Å². The molecule has 0 saturated carbocycles. The molecule has 0 fully saturated rings. The largest absolute Gasteiger partial charge is 0.480 e. The Morgan fingerprint density at radius 2 is 1.42 bits per heavy atom. The first-order chi connectivity index (χ1) is 14.2. The number of amides is 1. The molecular formula is C19H13Cl2F6NO3. The minimum absolute atomic E-state index is 0.0686. The summed E-state index contributed by atoms with van der Waals surface area (Å²) in [6, 6.07) is 3.54. The second-order valence-corrected chi connectivity index (χ2v) is 7.27. The molecule has 1 amide bonds. The molecule has 0 heterocycles. The number of carbonyl (C=O) groups is 2. The van der Waals surface area contributed by atoms with Gasteiger partial charge in [-0.15, -0.1) is 0 Å². The molecule has 1 atom stereocenters. The molecule has 0 spiro atoms. The van der Waals surface area contributed by atoms with Crippen LogP contribution in [0.25, 0.3) is 0 Å². The number of carboxylic acid groups (broad SMARTS) is 1. The van der Waals surface area contributed by atoms with Gasteiger partial charge in [0.05, 0.1) is 17.5 Å². The minimum atomic E-state index is -5.07. The Kier molecular flexibility index (Phi) is 7.48. The van der Waals surface area contributed by atoms with E-state index in [-0.39, 0.29) is 28.1 Å². The lowest BCUT2D eigenvalue weighted by molar-refractivity contribution is -0.143. The molecular weight excluding hydrogens is 475 g/mol. The molecule has 2 rings (SSSR count). The highest BCUT2D eigenvalue weighted by Gasteiger charge is 2.37. The molecule has 0 aliphatic heterocycles. The van der Waals surface area contributed by atoms with Gasteiger partial charge in [-0.3, -0.25) is 4.79 Å². The summed E-state index contributed by atoms with van der Waals surface area (Å²) in [6.45, 7) is 0. The molecule has 0 unspecified atom stereocenters. The third kappa shape index (κ3) is 6.76. The summed E-state index contributed by atoms with van der Waals surface area (Å²) >= 11 is 11.9. The van der Waals surface area contributed by atoms with E-state index in [0.29, 0.717) is 12.1 Å². The maximum absolute atomic E-state index is 12.9. The Morgan fingerprint density at radius 1 is 0.935 bits per heavy atom. The normalized spacial score (nSPS) is 13.0. The van der Waals surface area contributed by atoms with Crippen molar-refractivity contribution in [2.45, 2.75) is 31.2 Å². The third-order valence-corrected chi connectivity index (χ3v) is 4.82. The lowest BCUT2D eigenvalue weighted by Crippen LogP contribution is -2.43. The Balaban J connectivity index is 2.26. The number of hydrogen-bond acceptors (Lipinski definition) is 2. The van der Waals surface area contributed by atoms with Gasteiger partial charge in [0, 0.05) is 16.5 Å². The summed E-state index contributed by atoms with van der Waals surface area (Å²) in [7, 11) is 0. The van der Waals surface area contributed by atoms with Crippen molar-refractivity contribution in [2.24, 2.45) is 0 Å².